The van der Waals surface area contributed by atoms with E-state index in [4.69, 9.17) is 4.98 Å². The monoisotopic (exact) mass is 545 g/mol. The molecule has 1 amide bonds. The first kappa shape index (κ1) is 26.6. The van der Waals surface area contributed by atoms with Crippen LogP contribution in [0.4, 0.5) is 17.2 Å². The third kappa shape index (κ3) is 5.40. The van der Waals surface area contributed by atoms with E-state index >= 15 is 0 Å². The summed E-state index contributed by atoms with van der Waals surface area (Å²) in [6.45, 7) is 9.66. The highest BCUT2D eigenvalue weighted by Crippen LogP contribution is 2.38. The average molecular weight is 546 g/mol. The van der Waals surface area contributed by atoms with Crippen LogP contribution >= 0.6 is 0 Å². The number of pyridine rings is 1. The number of aromatic nitrogens is 1. The Labute approximate surface area is 241 Å². The standard InChI is InChI=1S/C34H35N5O2/c1-23-19-25(3)35-31(20-23)38-17-15-37(16-18-38)27-12-13-30(24(2)21-27)36-34(41)33(40)32-29(26-9-5-4-6-10-26)22-28-11-7-8-14-39(28)32/h4-14,19-22,29,32H,15-18H2,1-3H3,(H,36,41). The summed E-state index contributed by atoms with van der Waals surface area (Å²) in [4.78, 5) is 38.3. The van der Waals surface area contributed by atoms with Gasteiger partial charge in [-0.1, -0.05) is 42.5 Å². The molecule has 1 fully saturated rings. The Kier molecular flexibility index (Phi) is 7.18. The zero-order chi connectivity index (χ0) is 28.5. The van der Waals surface area contributed by atoms with Gasteiger partial charge in [0.1, 0.15) is 11.9 Å². The van der Waals surface area contributed by atoms with Crippen LogP contribution in [0.3, 0.4) is 0 Å². The van der Waals surface area contributed by atoms with E-state index in [1.807, 2.05) is 85.6 Å². The Morgan fingerprint density at radius 1 is 0.878 bits per heavy atom. The largest absolute Gasteiger partial charge is 0.368 e. The van der Waals surface area contributed by atoms with Crippen LogP contribution < -0.4 is 15.1 Å². The summed E-state index contributed by atoms with van der Waals surface area (Å²) in [6, 6.07) is 19.5. The molecule has 3 aliphatic rings. The molecular weight excluding hydrogens is 510 g/mol. The minimum Gasteiger partial charge on any atom is -0.368 e. The average Bonchev–Trinajstić information content (AvgIpc) is 3.37. The number of rotatable bonds is 6. The van der Waals surface area contributed by atoms with Gasteiger partial charge in [0.25, 0.3) is 5.91 Å². The molecule has 2 unspecified atom stereocenters. The highest BCUT2D eigenvalue weighted by molar-refractivity contribution is 6.42. The Bertz CT molecular complexity index is 1550. The predicted molar refractivity (Wildman–Crippen MR) is 164 cm³/mol. The second-order valence-electron chi connectivity index (χ2n) is 11.0. The number of hydrogen-bond donors (Lipinski definition) is 1. The van der Waals surface area contributed by atoms with Crippen molar-refractivity contribution in [3.05, 3.63) is 119 Å². The quantitative estimate of drug-likeness (QED) is 0.426. The van der Waals surface area contributed by atoms with Gasteiger partial charge in [0.2, 0.25) is 5.78 Å². The van der Waals surface area contributed by atoms with Gasteiger partial charge >= 0.3 is 0 Å². The molecule has 208 valence electrons. The lowest BCUT2D eigenvalue weighted by Crippen LogP contribution is -2.47. The SMILES string of the molecule is Cc1cc(C)nc(N2CCN(c3ccc(NC(=O)C(=O)C4C(c5ccccc5)C=C5C=CC=CN54)c(C)c3)CC2)c1. The number of nitrogens with one attached hydrogen (secondary N) is 1. The summed E-state index contributed by atoms with van der Waals surface area (Å²) in [5.41, 5.74) is 6.90. The third-order valence-corrected chi connectivity index (χ3v) is 8.10. The van der Waals surface area contributed by atoms with Gasteiger partial charge in [-0.25, -0.2) is 4.98 Å². The number of Topliss-reactive ketones (excluding diaryl/α,β-unsaturated/α-hetero) is 1. The van der Waals surface area contributed by atoms with E-state index in [0.717, 1.165) is 60.2 Å². The molecule has 1 N–H and O–H groups in total. The molecule has 0 bridgehead atoms. The fraction of sp³-hybridized carbons (Fsp3) is 0.265. The van der Waals surface area contributed by atoms with Crippen molar-refractivity contribution in [2.45, 2.75) is 32.7 Å². The maximum absolute atomic E-state index is 13.6. The Balaban J connectivity index is 1.13. The molecule has 0 spiro atoms. The van der Waals surface area contributed by atoms with Crippen LogP contribution in [0.15, 0.2) is 96.9 Å². The van der Waals surface area contributed by atoms with Crippen LogP contribution in [0, 0.1) is 20.8 Å². The summed E-state index contributed by atoms with van der Waals surface area (Å²) >= 11 is 0. The fourth-order valence-electron chi connectivity index (χ4n) is 6.03. The van der Waals surface area contributed by atoms with Crippen molar-refractivity contribution in [1.82, 2.24) is 9.88 Å². The lowest BCUT2D eigenvalue weighted by Gasteiger charge is -2.37. The van der Waals surface area contributed by atoms with Crippen LogP contribution in [-0.4, -0.2) is 53.8 Å². The van der Waals surface area contributed by atoms with Crippen LogP contribution in [0.2, 0.25) is 0 Å². The molecule has 1 aromatic heterocycles. The number of piperazine rings is 1. The van der Waals surface area contributed by atoms with E-state index in [0.29, 0.717) is 5.69 Å². The van der Waals surface area contributed by atoms with Crippen LogP contribution in [0.25, 0.3) is 0 Å². The van der Waals surface area contributed by atoms with Crippen molar-refractivity contribution < 1.29 is 9.59 Å². The van der Waals surface area contributed by atoms with E-state index in [9.17, 15) is 9.59 Å². The molecule has 0 radical (unpaired) electrons. The number of hydrogen-bond acceptors (Lipinski definition) is 6. The molecule has 1 saturated heterocycles. The number of allylic oxidation sites excluding steroid dienone is 3. The molecule has 0 saturated carbocycles. The van der Waals surface area contributed by atoms with Gasteiger partial charge in [-0.2, -0.15) is 0 Å². The molecule has 3 aromatic rings. The smallest absolute Gasteiger partial charge is 0.294 e. The minimum absolute atomic E-state index is 0.210. The van der Waals surface area contributed by atoms with Gasteiger partial charge in [-0.15, -0.1) is 0 Å². The molecule has 0 aliphatic carbocycles. The molecule has 4 heterocycles. The highest BCUT2D eigenvalue weighted by Gasteiger charge is 2.41. The number of anilines is 3. The summed E-state index contributed by atoms with van der Waals surface area (Å²) < 4.78 is 0. The maximum atomic E-state index is 13.6. The van der Waals surface area contributed by atoms with Gasteiger partial charge in [0.05, 0.1) is 0 Å². The second-order valence-corrected chi connectivity index (χ2v) is 11.0. The van der Waals surface area contributed by atoms with Crippen molar-refractivity contribution in [2.75, 3.05) is 41.3 Å². The Morgan fingerprint density at radius 2 is 1.63 bits per heavy atom. The second kappa shape index (κ2) is 11.1. The van der Waals surface area contributed by atoms with Crippen LogP contribution in [-0.2, 0) is 9.59 Å². The maximum Gasteiger partial charge on any atom is 0.294 e. The number of carbonyl (C=O) groups is 2. The molecule has 7 heteroatoms. The van der Waals surface area contributed by atoms with E-state index in [1.165, 1.54) is 5.56 Å². The molecule has 2 atom stereocenters. The van der Waals surface area contributed by atoms with Crippen molar-refractivity contribution in [1.29, 1.82) is 0 Å². The topological polar surface area (TPSA) is 68.8 Å². The number of aryl methyl sites for hydroxylation is 3. The van der Waals surface area contributed by atoms with Gasteiger partial charge in [-0.3, -0.25) is 9.59 Å². The molecule has 7 nitrogen and oxygen atoms in total. The predicted octanol–water partition coefficient (Wildman–Crippen LogP) is 5.28. The van der Waals surface area contributed by atoms with E-state index < -0.39 is 17.7 Å². The Hall–Kier alpha value is -4.65. The van der Waals surface area contributed by atoms with E-state index in [-0.39, 0.29) is 5.92 Å². The number of nitrogens with zero attached hydrogens (tertiary/aromatic N) is 4. The molecule has 41 heavy (non-hydrogen) atoms. The summed E-state index contributed by atoms with van der Waals surface area (Å²) in [5.74, 6) is -0.224. The first-order valence-corrected chi connectivity index (χ1v) is 14.2. The minimum atomic E-state index is -0.629. The lowest BCUT2D eigenvalue weighted by atomic mass is 9.90. The van der Waals surface area contributed by atoms with E-state index in [2.05, 4.69) is 46.3 Å². The number of carbonyl (C=O) groups excluding carboxylic acids is 2. The zero-order valence-electron chi connectivity index (χ0n) is 23.7. The lowest BCUT2D eigenvalue weighted by molar-refractivity contribution is -0.137. The number of amides is 1. The Morgan fingerprint density at radius 3 is 2.37 bits per heavy atom. The summed E-state index contributed by atoms with van der Waals surface area (Å²) in [6.07, 6.45) is 9.76. The van der Waals surface area contributed by atoms with Gasteiger partial charge in [-0.05, 0) is 79.9 Å². The van der Waals surface area contributed by atoms with Crippen molar-refractivity contribution >= 4 is 28.9 Å². The first-order chi connectivity index (χ1) is 19.9. The normalized spacial score (nSPS) is 19.7. The highest BCUT2D eigenvalue weighted by atomic mass is 16.2. The van der Waals surface area contributed by atoms with Gasteiger partial charge in [0.15, 0.2) is 0 Å². The van der Waals surface area contributed by atoms with Crippen LogP contribution in [0.1, 0.15) is 28.3 Å². The zero-order valence-corrected chi connectivity index (χ0v) is 23.7. The third-order valence-electron chi connectivity index (χ3n) is 8.10. The number of benzene rings is 2. The fourth-order valence-corrected chi connectivity index (χ4v) is 6.03. The van der Waals surface area contributed by atoms with Crippen molar-refractivity contribution in [2.24, 2.45) is 0 Å². The molecular formula is C34H35N5O2. The van der Waals surface area contributed by atoms with Crippen LogP contribution in [0.5, 0.6) is 0 Å². The van der Waals surface area contributed by atoms with Crippen molar-refractivity contribution in [3.63, 3.8) is 0 Å². The number of fused-ring (bicyclic) bond motifs is 1. The van der Waals surface area contributed by atoms with Crippen molar-refractivity contribution in [3.8, 4) is 0 Å². The molecule has 2 aromatic carbocycles. The molecule has 3 aliphatic heterocycles. The first-order valence-electron chi connectivity index (χ1n) is 14.2. The number of ketones is 1. The molecule has 6 rings (SSSR count). The summed E-state index contributed by atoms with van der Waals surface area (Å²) in [5, 5.41) is 2.91. The van der Waals surface area contributed by atoms with Gasteiger partial charge < -0.3 is 20.0 Å². The summed E-state index contributed by atoms with van der Waals surface area (Å²) in [7, 11) is 0. The van der Waals surface area contributed by atoms with E-state index in [1.54, 1.807) is 0 Å². The van der Waals surface area contributed by atoms with Gasteiger partial charge in [0, 0.05) is 61.1 Å².